The third-order valence-corrected chi connectivity index (χ3v) is 6.93. The van der Waals surface area contributed by atoms with Gasteiger partial charge in [-0.15, -0.1) is 10.2 Å². The summed E-state index contributed by atoms with van der Waals surface area (Å²) in [6, 6.07) is 0.507. The molecule has 1 aromatic heterocycles. The van der Waals surface area contributed by atoms with Gasteiger partial charge in [-0.2, -0.15) is 0 Å². The first-order valence-electron chi connectivity index (χ1n) is 9.93. The lowest BCUT2D eigenvalue weighted by molar-refractivity contribution is 0.406. The fourth-order valence-electron chi connectivity index (χ4n) is 3.73. The molecule has 152 valence electrons. The molecule has 2 atom stereocenters. The molecule has 0 saturated carbocycles. The Labute approximate surface area is 162 Å². The number of aryl methyl sites for hydroxylation is 1. The van der Waals surface area contributed by atoms with Crippen molar-refractivity contribution in [1.29, 1.82) is 0 Å². The molecule has 27 heavy (non-hydrogen) atoms. The highest BCUT2D eigenvalue weighted by molar-refractivity contribution is 7.91. The van der Waals surface area contributed by atoms with E-state index in [1.807, 2.05) is 0 Å². The predicted octanol–water partition coefficient (Wildman–Crippen LogP) is 1.09. The van der Waals surface area contributed by atoms with E-state index in [1.165, 1.54) is 0 Å². The SMILES string of the molecule is CC(C)NC(=NCC1CCS(=O)(=O)C1)NC1CCc2nnc(C(C)C)n2C1. The standard InChI is InChI=1S/C18H32N6O2S/c1-12(2)17-23-22-16-6-5-15(10-24(16)17)21-18(20-13(3)4)19-9-14-7-8-27(25,26)11-14/h12-15H,5-11H2,1-4H3,(H2,19,20,21). The first-order valence-corrected chi connectivity index (χ1v) is 11.8. The fourth-order valence-corrected chi connectivity index (χ4v) is 5.58. The number of hydrogen-bond acceptors (Lipinski definition) is 5. The summed E-state index contributed by atoms with van der Waals surface area (Å²) in [7, 11) is -2.86. The predicted molar refractivity (Wildman–Crippen MR) is 107 cm³/mol. The molecular formula is C18H32N6O2S. The van der Waals surface area contributed by atoms with Gasteiger partial charge in [0.25, 0.3) is 0 Å². The summed E-state index contributed by atoms with van der Waals surface area (Å²) in [5.74, 6) is 3.88. The maximum absolute atomic E-state index is 11.7. The van der Waals surface area contributed by atoms with Crippen molar-refractivity contribution in [2.24, 2.45) is 10.9 Å². The summed E-state index contributed by atoms with van der Waals surface area (Å²) in [4.78, 5) is 4.70. The Morgan fingerprint density at radius 1 is 1.26 bits per heavy atom. The Balaban J connectivity index is 1.66. The summed E-state index contributed by atoms with van der Waals surface area (Å²) in [5.41, 5.74) is 0. The highest BCUT2D eigenvalue weighted by Gasteiger charge is 2.28. The minimum absolute atomic E-state index is 0.129. The Kier molecular flexibility index (Phi) is 6.08. The van der Waals surface area contributed by atoms with Gasteiger partial charge in [0.05, 0.1) is 11.5 Å². The van der Waals surface area contributed by atoms with Crippen LogP contribution in [0, 0.1) is 5.92 Å². The van der Waals surface area contributed by atoms with Gasteiger partial charge in [-0.3, -0.25) is 4.99 Å². The summed E-state index contributed by atoms with van der Waals surface area (Å²) in [6.07, 6.45) is 2.59. The van der Waals surface area contributed by atoms with Gasteiger partial charge in [0, 0.05) is 37.5 Å². The number of nitrogens with zero attached hydrogens (tertiary/aromatic N) is 4. The van der Waals surface area contributed by atoms with E-state index in [9.17, 15) is 8.42 Å². The molecule has 9 heteroatoms. The minimum Gasteiger partial charge on any atom is -0.354 e. The van der Waals surface area contributed by atoms with Gasteiger partial charge in [0.1, 0.15) is 11.6 Å². The molecule has 0 aromatic carbocycles. The molecule has 3 heterocycles. The Bertz CT molecular complexity index is 784. The van der Waals surface area contributed by atoms with Crippen LogP contribution in [0.15, 0.2) is 4.99 Å². The van der Waals surface area contributed by atoms with Gasteiger partial charge in [0.2, 0.25) is 0 Å². The molecule has 2 aliphatic heterocycles. The van der Waals surface area contributed by atoms with E-state index in [4.69, 9.17) is 4.99 Å². The van der Waals surface area contributed by atoms with E-state index >= 15 is 0 Å². The van der Waals surface area contributed by atoms with Crippen LogP contribution in [-0.4, -0.2) is 59.3 Å². The second-order valence-corrected chi connectivity index (χ2v) is 10.6. The Morgan fingerprint density at radius 2 is 2.04 bits per heavy atom. The van der Waals surface area contributed by atoms with Crippen LogP contribution in [0.5, 0.6) is 0 Å². The molecular weight excluding hydrogens is 364 g/mol. The van der Waals surface area contributed by atoms with Crippen LogP contribution in [0.2, 0.25) is 0 Å². The van der Waals surface area contributed by atoms with Crippen molar-refractivity contribution in [1.82, 2.24) is 25.4 Å². The number of nitrogens with one attached hydrogen (secondary N) is 2. The van der Waals surface area contributed by atoms with Crippen molar-refractivity contribution in [2.75, 3.05) is 18.1 Å². The highest BCUT2D eigenvalue weighted by Crippen LogP contribution is 2.21. The summed E-state index contributed by atoms with van der Waals surface area (Å²) in [6.45, 7) is 9.80. The Hall–Kier alpha value is -1.64. The van der Waals surface area contributed by atoms with Gasteiger partial charge < -0.3 is 15.2 Å². The monoisotopic (exact) mass is 396 g/mol. The maximum atomic E-state index is 11.7. The van der Waals surface area contributed by atoms with Gasteiger partial charge in [-0.05, 0) is 32.6 Å². The zero-order valence-corrected chi connectivity index (χ0v) is 17.6. The van der Waals surface area contributed by atoms with Crippen LogP contribution in [0.4, 0.5) is 0 Å². The number of aromatic nitrogens is 3. The minimum atomic E-state index is -2.86. The van der Waals surface area contributed by atoms with E-state index in [-0.39, 0.29) is 23.8 Å². The summed E-state index contributed by atoms with van der Waals surface area (Å²) >= 11 is 0. The molecule has 1 saturated heterocycles. The zero-order valence-electron chi connectivity index (χ0n) is 16.8. The van der Waals surface area contributed by atoms with Crippen LogP contribution in [0.1, 0.15) is 58.1 Å². The highest BCUT2D eigenvalue weighted by atomic mass is 32.2. The quantitative estimate of drug-likeness (QED) is 0.571. The lowest BCUT2D eigenvalue weighted by Gasteiger charge is -2.28. The molecule has 1 aromatic rings. The molecule has 8 nitrogen and oxygen atoms in total. The van der Waals surface area contributed by atoms with Crippen molar-refractivity contribution in [2.45, 2.75) is 71.5 Å². The van der Waals surface area contributed by atoms with E-state index in [2.05, 4.69) is 53.1 Å². The van der Waals surface area contributed by atoms with Crippen molar-refractivity contribution in [3.63, 3.8) is 0 Å². The van der Waals surface area contributed by atoms with Crippen LogP contribution in [-0.2, 0) is 22.8 Å². The lowest BCUT2D eigenvalue weighted by Crippen LogP contribution is -2.49. The normalized spacial score (nSPS) is 25.0. The van der Waals surface area contributed by atoms with Gasteiger partial charge in [-0.25, -0.2) is 8.42 Å². The van der Waals surface area contributed by atoms with Crippen LogP contribution in [0.25, 0.3) is 0 Å². The Morgan fingerprint density at radius 3 is 2.67 bits per heavy atom. The van der Waals surface area contributed by atoms with E-state index in [0.29, 0.717) is 24.6 Å². The third kappa shape index (κ3) is 5.21. The van der Waals surface area contributed by atoms with Crippen molar-refractivity contribution in [3.05, 3.63) is 11.6 Å². The van der Waals surface area contributed by atoms with Crippen LogP contribution < -0.4 is 10.6 Å². The average molecular weight is 397 g/mol. The number of rotatable bonds is 5. The molecule has 1 fully saturated rings. The molecule has 2 N–H and O–H groups in total. The molecule has 0 bridgehead atoms. The van der Waals surface area contributed by atoms with Gasteiger partial charge in [-0.1, -0.05) is 13.8 Å². The molecule has 0 amide bonds. The second-order valence-electron chi connectivity index (χ2n) is 8.38. The summed E-state index contributed by atoms with van der Waals surface area (Å²) in [5, 5.41) is 15.6. The number of sulfone groups is 1. The van der Waals surface area contributed by atoms with Crippen molar-refractivity contribution >= 4 is 15.8 Å². The number of aliphatic imine (C=N–C) groups is 1. The molecule has 0 radical (unpaired) electrons. The smallest absolute Gasteiger partial charge is 0.191 e. The molecule has 0 spiro atoms. The number of fused-ring (bicyclic) bond motifs is 1. The first kappa shape index (κ1) is 20.1. The lowest BCUT2D eigenvalue weighted by atomic mass is 10.1. The van der Waals surface area contributed by atoms with Crippen LogP contribution in [0.3, 0.4) is 0 Å². The first-order chi connectivity index (χ1) is 12.7. The molecule has 2 unspecified atom stereocenters. The van der Waals surface area contributed by atoms with E-state index < -0.39 is 9.84 Å². The van der Waals surface area contributed by atoms with Crippen molar-refractivity contribution in [3.8, 4) is 0 Å². The van der Waals surface area contributed by atoms with Gasteiger partial charge in [0.15, 0.2) is 15.8 Å². The summed E-state index contributed by atoms with van der Waals surface area (Å²) < 4.78 is 25.6. The van der Waals surface area contributed by atoms with Gasteiger partial charge >= 0.3 is 0 Å². The van der Waals surface area contributed by atoms with E-state index in [1.54, 1.807) is 0 Å². The molecule has 0 aliphatic carbocycles. The third-order valence-electron chi connectivity index (χ3n) is 5.09. The number of hydrogen-bond donors (Lipinski definition) is 2. The fraction of sp³-hybridized carbons (Fsp3) is 0.833. The van der Waals surface area contributed by atoms with E-state index in [0.717, 1.165) is 37.0 Å². The number of guanidine groups is 1. The largest absolute Gasteiger partial charge is 0.354 e. The van der Waals surface area contributed by atoms with Crippen molar-refractivity contribution < 1.29 is 8.42 Å². The average Bonchev–Trinajstić information content (AvgIpc) is 3.14. The molecule has 3 rings (SSSR count). The second kappa shape index (κ2) is 8.16. The molecule has 2 aliphatic rings. The maximum Gasteiger partial charge on any atom is 0.191 e. The zero-order chi connectivity index (χ0) is 19.6. The van der Waals surface area contributed by atoms with Crippen LogP contribution >= 0.6 is 0 Å². The topological polar surface area (TPSA) is 101 Å².